The quantitative estimate of drug-likeness (QED) is 0.840. The molecule has 5 nitrogen and oxygen atoms in total. The summed E-state index contributed by atoms with van der Waals surface area (Å²) < 4.78 is 0. The lowest BCUT2D eigenvalue weighted by Gasteiger charge is -2.33. The highest BCUT2D eigenvalue weighted by Crippen LogP contribution is 2.31. The van der Waals surface area contributed by atoms with Crippen molar-refractivity contribution in [2.45, 2.75) is 51.2 Å². The van der Waals surface area contributed by atoms with Crippen LogP contribution in [0.25, 0.3) is 0 Å². The fourth-order valence-corrected chi connectivity index (χ4v) is 4.06. The summed E-state index contributed by atoms with van der Waals surface area (Å²) in [5.74, 6) is -0.401. The lowest BCUT2D eigenvalue weighted by Crippen LogP contribution is -2.50. The molecule has 1 N–H and O–H groups in total. The Bertz CT molecular complexity index is 814. The second-order valence-corrected chi connectivity index (χ2v) is 6.99. The number of aryl methyl sites for hydroxylation is 1. The summed E-state index contributed by atoms with van der Waals surface area (Å²) in [6.45, 7) is 2.07. The first-order valence-electron chi connectivity index (χ1n) is 9.37. The molecular formula is C21H23N3O2. The SMILES string of the molecule is CCCC(NC1CCCc2cccnc21)N1C(=O)c2ccccc2C1=O. The molecule has 4 rings (SSSR count). The third-order valence-corrected chi connectivity index (χ3v) is 5.29. The highest BCUT2D eigenvalue weighted by molar-refractivity contribution is 6.21. The van der Waals surface area contributed by atoms with Crippen molar-refractivity contribution in [3.63, 3.8) is 0 Å². The number of hydrogen-bond donors (Lipinski definition) is 1. The van der Waals surface area contributed by atoms with Crippen LogP contribution in [0.1, 0.15) is 70.6 Å². The monoisotopic (exact) mass is 349 g/mol. The topological polar surface area (TPSA) is 62.3 Å². The Morgan fingerprint density at radius 2 is 1.88 bits per heavy atom. The minimum atomic E-state index is -0.314. The maximum atomic E-state index is 12.9. The molecule has 2 unspecified atom stereocenters. The molecule has 0 saturated heterocycles. The van der Waals surface area contributed by atoms with E-state index in [0.29, 0.717) is 11.1 Å². The van der Waals surface area contributed by atoms with Crippen molar-refractivity contribution in [3.8, 4) is 0 Å². The van der Waals surface area contributed by atoms with Crippen LogP contribution in [0.3, 0.4) is 0 Å². The molecule has 0 spiro atoms. The number of amides is 2. The van der Waals surface area contributed by atoms with Crippen molar-refractivity contribution in [1.82, 2.24) is 15.2 Å². The van der Waals surface area contributed by atoms with Crippen LogP contribution in [0.4, 0.5) is 0 Å². The summed E-state index contributed by atoms with van der Waals surface area (Å²) in [4.78, 5) is 31.7. The van der Waals surface area contributed by atoms with Gasteiger partial charge in [-0.25, -0.2) is 0 Å². The number of benzene rings is 1. The van der Waals surface area contributed by atoms with Gasteiger partial charge in [0.15, 0.2) is 0 Å². The van der Waals surface area contributed by atoms with E-state index in [4.69, 9.17) is 0 Å². The van der Waals surface area contributed by atoms with Crippen LogP contribution in [0.5, 0.6) is 0 Å². The number of nitrogens with one attached hydrogen (secondary N) is 1. The van der Waals surface area contributed by atoms with Crippen molar-refractivity contribution in [2.24, 2.45) is 0 Å². The van der Waals surface area contributed by atoms with E-state index >= 15 is 0 Å². The normalized spacial score (nSPS) is 20.0. The van der Waals surface area contributed by atoms with E-state index < -0.39 is 0 Å². The van der Waals surface area contributed by atoms with E-state index in [1.165, 1.54) is 10.5 Å². The third kappa shape index (κ3) is 2.82. The number of imide groups is 1. The Morgan fingerprint density at radius 1 is 1.15 bits per heavy atom. The van der Waals surface area contributed by atoms with E-state index in [9.17, 15) is 9.59 Å². The van der Waals surface area contributed by atoms with Crippen molar-refractivity contribution < 1.29 is 9.59 Å². The fourth-order valence-electron chi connectivity index (χ4n) is 4.06. The number of fused-ring (bicyclic) bond motifs is 2. The van der Waals surface area contributed by atoms with E-state index in [-0.39, 0.29) is 24.0 Å². The number of pyridine rings is 1. The van der Waals surface area contributed by atoms with Gasteiger partial charge in [-0.1, -0.05) is 31.5 Å². The minimum Gasteiger partial charge on any atom is -0.288 e. The Balaban J connectivity index is 1.62. The van der Waals surface area contributed by atoms with Crippen LogP contribution in [0, 0.1) is 0 Å². The number of carbonyl (C=O) groups is 2. The van der Waals surface area contributed by atoms with Gasteiger partial charge in [0.2, 0.25) is 0 Å². The Morgan fingerprint density at radius 3 is 2.58 bits per heavy atom. The standard InChI is InChI=1S/C21H23N3O2/c1-2-7-18(23-17-12-5-8-14-9-6-13-22-19(14)17)24-20(25)15-10-3-4-11-16(15)21(24)26/h3-4,6,9-11,13,17-18,23H,2,5,7-8,12H2,1H3. The van der Waals surface area contributed by atoms with E-state index in [1.807, 2.05) is 12.3 Å². The summed E-state index contributed by atoms with van der Waals surface area (Å²) in [6.07, 6.45) is 6.19. The van der Waals surface area contributed by atoms with Gasteiger partial charge in [0.25, 0.3) is 11.8 Å². The van der Waals surface area contributed by atoms with Gasteiger partial charge in [0, 0.05) is 6.20 Å². The van der Waals surface area contributed by atoms with Crippen molar-refractivity contribution >= 4 is 11.8 Å². The van der Waals surface area contributed by atoms with Crippen LogP contribution in [0.2, 0.25) is 0 Å². The van der Waals surface area contributed by atoms with Gasteiger partial charge >= 0.3 is 0 Å². The molecule has 1 aromatic heterocycles. The van der Waals surface area contributed by atoms with Gasteiger partial charge in [-0.05, 0) is 49.4 Å². The maximum absolute atomic E-state index is 12.9. The van der Waals surface area contributed by atoms with Gasteiger partial charge in [-0.2, -0.15) is 0 Å². The lowest BCUT2D eigenvalue weighted by molar-refractivity contribution is 0.0524. The average molecular weight is 349 g/mol. The van der Waals surface area contributed by atoms with Gasteiger partial charge in [-0.3, -0.25) is 24.8 Å². The molecule has 2 amide bonds. The number of carbonyl (C=O) groups excluding carboxylic acids is 2. The first kappa shape index (κ1) is 16.9. The maximum Gasteiger partial charge on any atom is 0.262 e. The highest BCUT2D eigenvalue weighted by Gasteiger charge is 2.40. The molecule has 0 fully saturated rings. The molecule has 26 heavy (non-hydrogen) atoms. The largest absolute Gasteiger partial charge is 0.288 e. The predicted molar refractivity (Wildman–Crippen MR) is 98.7 cm³/mol. The smallest absolute Gasteiger partial charge is 0.262 e. The molecule has 0 bridgehead atoms. The number of aromatic nitrogens is 1. The molecule has 134 valence electrons. The van der Waals surface area contributed by atoms with Crippen LogP contribution in [-0.2, 0) is 6.42 Å². The molecule has 1 aliphatic heterocycles. The van der Waals surface area contributed by atoms with E-state index in [2.05, 4.69) is 23.3 Å². The van der Waals surface area contributed by atoms with Crippen LogP contribution >= 0.6 is 0 Å². The van der Waals surface area contributed by atoms with Crippen molar-refractivity contribution in [3.05, 3.63) is 65.0 Å². The molecule has 1 aliphatic carbocycles. The Hall–Kier alpha value is -2.53. The molecule has 2 aliphatic rings. The van der Waals surface area contributed by atoms with Crippen LogP contribution < -0.4 is 5.32 Å². The van der Waals surface area contributed by atoms with Gasteiger partial charge in [-0.15, -0.1) is 0 Å². The molecule has 2 heterocycles. The highest BCUT2D eigenvalue weighted by atomic mass is 16.2. The Kier molecular flexibility index (Phi) is 4.55. The summed E-state index contributed by atoms with van der Waals surface area (Å²) in [6, 6.07) is 11.2. The summed E-state index contributed by atoms with van der Waals surface area (Å²) in [7, 11) is 0. The van der Waals surface area contributed by atoms with E-state index in [1.54, 1.807) is 24.3 Å². The second-order valence-electron chi connectivity index (χ2n) is 6.99. The summed E-state index contributed by atoms with van der Waals surface area (Å²) in [5, 5.41) is 3.57. The zero-order valence-electron chi connectivity index (χ0n) is 14.9. The van der Waals surface area contributed by atoms with E-state index in [0.717, 1.165) is 37.8 Å². The number of rotatable bonds is 5. The molecular weight excluding hydrogens is 326 g/mol. The number of hydrogen-bond acceptors (Lipinski definition) is 4. The van der Waals surface area contributed by atoms with Crippen molar-refractivity contribution in [1.29, 1.82) is 0 Å². The van der Waals surface area contributed by atoms with Crippen LogP contribution in [-0.4, -0.2) is 27.9 Å². The first-order chi connectivity index (χ1) is 12.7. The minimum absolute atomic E-state index is 0.0702. The fraction of sp³-hybridized carbons (Fsp3) is 0.381. The molecule has 1 aromatic carbocycles. The molecule has 0 saturated carbocycles. The molecule has 0 radical (unpaired) electrons. The zero-order chi connectivity index (χ0) is 18.1. The second kappa shape index (κ2) is 7.00. The number of nitrogens with zero attached hydrogens (tertiary/aromatic N) is 2. The molecule has 5 heteroatoms. The zero-order valence-corrected chi connectivity index (χ0v) is 14.9. The van der Waals surface area contributed by atoms with Crippen molar-refractivity contribution in [2.75, 3.05) is 0 Å². The lowest BCUT2D eigenvalue weighted by atomic mass is 9.91. The molecule has 2 atom stereocenters. The average Bonchev–Trinajstić information content (AvgIpc) is 2.93. The van der Waals surface area contributed by atoms with Crippen LogP contribution in [0.15, 0.2) is 42.6 Å². The predicted octanol–water partition coefficient (Wildman–Crippen LogP) is 3.47. The molecule has 2 aromatic rings. The third-order valence-electron chi connectivity index (χ3n) is 5.29. The van der Waals surface area contributed by atoms with Gasteiger partial charge in [0.05, 0.1) is 29.0 Å². The first-order valence-corrected chi connectivity index (χ1v) is 9.37. The summed E-state index contributed by atoms with van der Waals surface area (Å²) in [5.41, 5.74) is 3.32. The summed E-state index contributed by atoms with van der Waals surface area (Å²) >= 11 is 0. The Labute approximate surface area is 153 Å². The van der Waals surface area contributed by atoms with Gasteiger partial charge < -0.3 is 0 Å². The van der Waals surface area contributed by atoms with Gasteiger partial charge in [0.1, 0.15) is 0 Å².